The van der Waals surface area contributed by atoms with Crippen LogP contribution in [0.3, 0.4) is 0 Å². The van der Waals surface area contributed by atoms with E-state index in [0.29, 0.717) is 9.88 Å². The van der Waals surface area contributed by atoms with Gasteiger partial charge in [-0.3, -0.25) is 0 Å². The number of hydrogen-bond acceptors (Lipinski definition) is 4. The van der Waals surface area contributed by atoms with Gasteiger partial charge in [-0.15, -0.1) is 11.3 Å². The lowest BCUT2D eigenvalue weighted by Crippen LogP contribution is -1.98. The number of aryl methyl sites for hydroxylation is 1. The number of aromatic nitrogens is 1. The molecule has 0 spiro atoms. The van der Waals surface area contributed by atoms with Crippen LogP contribution in [0.25, 0.3) is 10.6 Å². The second-order valence-electron chi connectivity index (χ2n) is 3.46. The van der Waals surface area contributed by atoms with E-state index in [1.807, 2.05) is 24.3 Å². The van der Waals surface area contributed by atoms with E-state index in [-0.39, 0.29) is 5.69 Å². The van der Waals surface area contributed by atoms with Gasteiger partial charge < -0.3 is 9.84 Å². The standard InChI is InChI=1S/C12H11NO3S/c1-7-10(12(14)15)13-11(17-7)8-3-5-9(16-2)6-4-8/h3-6H,1-2H3,(H,14,15). The lowest BCUT2D eigenvalue weighted by atomic mass is 10.2. The van der Waals surface area contributed by atoms with Crippen molar-refractivity contribution in [2.75, 3.05) is 7.11 Å². The van der Waals surface area contributed by atoms with Crippen molar-refractivity contribution in [2.45, 2.75) is 6.92 Å². The third-order valence-electron chi connectivity index (χ3n) is 2.34. The van der Waals surface area contributed by atoms with E-state index >= 15 is 0 Å². The van der Waals surface area contributed by atoms with Crippen LogP contribution in [-0.2, 0) is 0 Å². The van der Waals surface area contributed by atoms with E-state index in [9.17, 15) is 4.79 Å². The number of ether oxygens (including phenoxy) is 1. The Morgan fingerprint density at radius 3 is 2.47 bits per heavy atom. The number of benzene rings is 1. The topological polar surface area (TPSA) is 59.4 Å². The molecular weight excluding hydrogens is 238 g/mol. The molecule has 0 saturated carbocycles. The van der Waals surface area contributed by atoms with Gasteiger partial charge in [-0.2, -0.15) is 0 Å². The van der Waals surface area contributed by atoms with Crippen molar-refractivity contribution in [1.29, 1.82) is 0 Å². The average Bonchev–Trinajstić information content (AvgIpc) is 2.71. The highest BCUT2D eigenvalue weighted by Gasteiger charge is 2.14. The number of carboxylic acids is 1. The molecule has 1 aromatic carbocycles. The van der Waals surface area contributed by atoms with Crippen molar-refractivity contribution in [3.05, 3.63) is 34.8 Å². The minimum atomic E-state index is -0.987. The smallest absolute Gasteiger partial charge is 0.355 e. The van der Waals surface area contributed by atoms with E-state index in [1.54, 1.807) is 14.0 Å². The highest BCUT2D eigenvalue weighted by molar-refractivity contribution is 7.15. The summed E-state index contributed by atoms with van der Waals surface area (Å²) in [6.45, 7) is 1.76. The van der Waals surface area contributed by atoms with Crippen LogP contribution in [0.2, 0.25) is 0 Å². The summed E-state index contributed by atoms with van der Waals surface area (Å²) in [4.78, 5) is 15.7. The molecule has 0 radical (unpaired) electrons. The Labute approximate surface area is 103 Å². The largest absolute Gasteiger partial charge is 0.497 e. The van der Waals surface area contributed by atoms with Gasteiger partial charge in [0.25, 0.3) is 0 Å². The number of carbonyl (C=O) groups is 1. The van der Waals surface area contributed by atoms with Gasteiger partial charge in [-0.1, -0.05) is 0 Å². The van der Waals surface area contributed by atoms with Gasteiger partial charge >= 0.3 is 5.97 Å². The zero-order chi connectivity index (χ0) is 12.4. The fourth-order valence-electron chi connectivity index (χ4n) is 1.45. The second-order valence-corrected chi connectivity index (χ2v) is 4.66. The van der Waals surface area contributed by atoms with Crippen molar-refractivity contribution in [3.63, 3.8) is 0 Å². The maximum Gasteiger partial charge on any atom is 0.355 e. The first kappa shape index (κ1) is 11.6. The highest BCUT2D eigenvalue weighted by Crippen LogP contribution is 2.28. The van der Waals surface area contributed by atoms with Crippen LogP contribution in [0.15, 0.2) is 24.3 Å². The van der Waals surface area contributed by atoms with E-state index in [4.69, 9.17) is 9.84 Å². The van der Waals surface area contributed by atoms with E-state index in [1.165, 1.54) is 11.3 Å². The first-order chi connectivity index (χ1) is 8.11. The van der Waals surface area contributed by atoms with Crippen molar-refractivity contribution in [2.24, 2.45) is 0 Å². The summed E-state index contributed by atoms with van der Waals surface area (Å²) in [5.74, 6) is -0.223. The second kappa shape index (κ2) is 4.55. The van der Waals surface area contributed by atoms with Crippen LogP contribution < -0.4 is 4.74 Å². The number of methoxy groups -OCH3 is 1. The molecule has 17 heavy (non-hydrogen) atoms. The van der Waals surface area contributed by atoms with E-state index < -0.39 is 5.97 Å². The lowest BCUT2D eigenvalue weighted by molar-refractivity contribution is 0.0690. The molecule has 2 aromatic rings. The number of nitrogens with zero attached hydrogens (tertiary/aromatic N) is 1. The fraction of sp³-hybridized carbons (Fsp3) is 0.167. The number of aromatic carboxylic acids is 1. The van der Waals surface area contributed by atoms with Gasteiger partial charge in [-0.05, 0) is 31.2 Å². The highest BCUT2D eigenvalue weighted by atomic mass is 32.1. The monoisotopic (exact) mass is 249 g/mol. The molecule has 0 saturated heterocycles. The van der Waals surface area contributed by atoms with Crippen molar-refractivity contribution < 1.29 is 14.6 Å². The molecule has 1 aromatic heterocycles. The van der Waals surface area contributed by atoms with Crippen LogP contribution in [-0.4, -0.2) is 23.2 Å². The molecule has 0 aliphatic carbocycles. The maximum atomic E-state index is 10.9. The van der Waals surface area contributed by atoms with Gasteiger partial charge in [0.15, 0.2) is 5.69 Å². The predicted molar refractivity (Wildman–Crippen MR) is 65.8 cm³/mol. The molecule has 2 rings (SSSR count). The van der Waals surface area contributed by atoms with Crippen LogP contribution in [0, 0.1) is 6.92 Å². The Kier molecular flexibility index (Phi) is 3.10. The Morgan fingerprint density at radius 2 is 2.00 bits per heavy atom. The third-order valence-corrected chi connectivity index (χ3v) is 3.36. The zero-order valence-electron chi connectivity index (χ0n) is 9.43. The number of rotatable bonds is 3. The predicted octanol–water partition coefficient (Wildman–Crippen LogP) is 2.83. The zero-order valence-corrected chi connectivity index (χ0v) is 10.2. The molecule has 0 aliphatic heterocycles. The molecule has 0 atom stereocenters. The Bertz CT molecular complexity index is 545. The van der Waals surface area contributed by atoms with Gasteiger partial charge in [0, 0.05) is 10.4 Å². The van der Waals surface area contributed by atoms with Gasteiger partial charge in [0.2, 0.25) is 0 Å². The molecule has 88 valence electrons. The average molecular weight is 249 g/mol. The minimum absolute atomic E-state index is 0.126. The Morgan fingerprint density at radius 1 is 1.35 bits per heavy atom. The summed E-state index contributed by atoms with van der Waals surface area (Å²) in [5, 5.41) is 9.64. The van der Waals surface area contributed by atoms with E-state index in [0.717, 1.165) is 11.3 Å². The Hall–Kier alpha value is -1.88. The van der Waals surface area contributed by atoms with Crippen LogP contribution in [0.4, 0.5) is 0 Å². The van der Waals surface area contributed by atoms with Crippen LogP contribution >= 0.6 is 11.3 Å². The molecule has 0 unspecified atom stereocenters. The molecule has 5 heteroatoms. The van der Waals surface area contributed by atoms with Crippen molar-refractivity contribution >= 4 is 17.3 Å². The minimum Gasteiger partial charge on any atom is -0.497 e. The summed E-state index contributed by atoms with van der Waals surface area (Å²) in [7, 11) is 1.60. The van der Waals surface area contributed by atoms with Crippen LogP contribution in [0.1, 0.15) is 15.4 Å². The summed E-state index contributed by atoms with van der Waals surface area (Å²) in [5.41, 5.74) is 1.02. The van der Waals surface area contributed by atoms with Gasteiger partial charge in [0.05, 0.1) is 7.11 Å². The number of thiazole rings is 1. The number of carboxylic acid groups (broad SMARTS) is 1. The molecule has 0 amide bonds. The summed E-state index contributed by atoms with van der Waals surface area (Å²) in [6.07, 6.45) is 0. The van der Waals surface area contributed by atoms with Gasteiger partial charge in [-0.25, -0.2) is 9.78 Å². The van der Waals surface area contributed by atoms with E-state index in [2.05, 4.69) is 4.98 Å². The first-order valence-corrected chi connectivity index (χ1v) is 5.78. The maximum absolute atomic E-state index is 10.9. The quantitative estimate of drug-likeness (QED) is 0.908. The van der Waals surface area contributed by atoms with Crippen LogP contribution in [0.5, 0.6) is 5.75 Å². The molecule has 4 nitrogen and oxygen atoms in total. The van der Waals surface area contributed by atoms with Crippen molar-refractivity contribution in [1.82, 2.24) is 4.98 Å². The third kappa shape index (κ3) is 2.29. The molecule has 1 N–H and O–H groups in total. The first-order valence-electron chi connectivity index (χ1n) is 4.97. The molecular formula is C12H11NO3S. The van der Waals surface area contributed by atoms with Gasteiger partial charge in [0.1, 0.15) is 10.8 Å². The van der Waals surface area contributed by atoms with Crippen molar-refractivity contribution in [3.8, 4) is 16.3 Å². The molecule has 1 heterocycles. The fourth-order valence-corrected chi connectivity index (χ4v) is 2.36. The summed E-state index contributed by atoms with van der Waals surface area (Å²) >= 11 is 1.38. The molecule has 0 aliphatic rings. The Balaban J connectivity index is 2.39. The summed E-state index contributed by atoms with van der Waals surface area (Å²) in [6, 6.07) is 7.38. The normalized spacial score (nSPS) is 10.2. The molecule has 0 bridgehead atoms. The lowest BCUT2D eigenvalue weighted by Gasteiger charge is -1.99. The SMILES string of the molecule is COc1ccc(-c2nc(C(=O)O)c(C)s2)cc1. The molecule has 0 fully saturated rings. The summed E-state index contributed by atoms with van der Waals surface area (Å²) < 4.78 is 5.06. The number of hydrogen-bond donors (Lipinski definition) is 1.